The van der Waals surface area contributed by atoms with Crippen molar-refractivity contribution in [2.75, 3.05) is 0 Å². The first-order valence-corrected chi connectivity index (χ1v) is 26.6. The Morgan fingerprint density at radius 2 is 0.513 bits per heavy atom. The molecule has 0 atom stereocenters. The Labute approximate surface area is 436 Å². The maximum absolute atomic E-state index is 13.4. The lowest BCUT2D eigenvalue weighted by atomic mass is 9.98. The van der Waals surface area contributed by atoms with Gasteiger partial charge < -0.3 is 12.5 Å². The molecular weight excluding hydrogens is 1100 g/mol. The molecule has 0 saturated carbocycles. The molecule has 0 aliphatic carbocycles. The molecule has 0 aliphatic heterocycles. The Morgan fingerprint density at radius 1 is 0.282 bits per heavy atom. The van der Waals surface area contributed by atoms with Gasteiger partial charge in [-0.05, 0) is 139 Å². The fourth-order valence-corrected chi connectivity index (χ4v) is 9.80. The maximum Gasteiger partial charge on any atom is 0.534 e. The Morgan fingerprint density at radius 3 is 0.756 bits per heavy atom. The van der Waals surface area contributed by atoms with E-state index >= 15 is 0 Å². The van der Waals surface area contributed by atoms with Crippen molar-refractivity contribution in [2.24, 2.45) is 0 Å². The van der Waals surface area contributed by atoms with Gasteiger partial charge in [0.1, 0.15) is 0 Å². The molecule has 0 aliphatic rings. The highest BCUT2D eigenvalue weighted by atomic mass is 32.2. The van der Waals surface area contributed by atoms with Crippen LogP contribution in [-0.4, -0.2) is 41.8 Å². The zero-order chi connectivity index (χ0) is 55.6. The van der Waals surface area contributed by atoms with Gasteiger partial charge in [-0.1, -0.05) is 108 Å². The summed E-state index contributed by atoms with van der Waals surface area (Å²) in [6.07, 6.45) is 0. The Balaban J connectivity index is 1.11. The van der Waals surface area contributed by atoms with E-state index in [-0.39, 0.29) is 16.2 Å². The van der Waals surface area contributed by atoms with Crippen LogP contribution in [0.15, 0.2) is 164 Å². The van der Waals surface area contributed by atoms with E-state index in [1.165, 1.54) is 36.4 Å². The highest BCUT2D eigenvalue weighted by Crippen LogP contribution is 2.38. The van der Waals surface area contributed by atoms with Crippen LogP contribution in [0.5, 0.6) is 17.2 Å². The van der Waals surface area contributed by atoms with Crippen LogP contribution in [0.4, 0.5) is 39.5 Å². The Kier molecular flexibility index (Phi) is 13.0. The number of fused-ring (bicyclic) bond motifs is 6. The van der Waals surface area contributed by atoms with Gasteiger partial charge in [-0.3, -0.25) is 0 Å². The molecule has 9 nitrogen and oxygen atoms in total. The first-order chi connectivity index (χ1) is 36.7. The first kappa shape index (κ1) is 52.5. The topological polar surface area (TPSA) is 130 Å². The molecule has 10 aromatic carbocycles. The molecule has 390 valence electrons. The zero-order valence-electron chi connectivity index (χ0n) is 38.9. The summed E-state index contributed by atoms with van der Waals surface area (Å²) in [6.45, 7) is 0. The summed E-state index contributed by atoms with van der Waals surface area (Å²) in [5.74, 6) is 16.7. The quantitative estimate of drug-likeness (QED) is 0.0525. The van der Waals surface area contributed by atoms with Crippen molar-refractivity contribution in [3.63, 3.8) is 0 Å². The van der Waals surface area contributed by atoms with Crippen molar-refractivity contribution in [1.82, 2.24) is 0 Å². The molecule has 0 amide bonds. The second-order valence-electron chi connectivity index (χ2n) is 17.1. The van der Waals surface area contributed by atoms with Gasteiger partial charge in [-0.15, -0.1) is 0 Å². The van der Waals surface area contributed by atoms with Crippen molar-refractivity contribution < 1.29 is 77.3 Å². The van der Waals surface area contributed by atoms with Gasteiger partial charge in [-0.2, -0.15) is 64.8 Å². The van der Waals surface area contributed by atoms with E-state index < -0.39 is 64.1 Å². The third-order valence-corrected chi connectivity index (χ3v) is 14.8. The third kappa shape index (κ3) is 10.4. The smallest absolute Gasteiger partial charge is 0.375 e. The highest BCUT2D eigenvalue weighted by Gasteiger charge is 2.50. The van der Waals surface area contributed by atoms with Crippen LogP contribution in [0.25, 0.3) is 64.6 Å². The van der Waals surface area contributed by atoms with Crippen LogP contribution < -0.4 is 12.5 Å². The predicted molar refractivity (Wildman–Crippen MR) is 276 cm³/mol. The molecule has 78 heavy (non-hydrogen) atoms. The third-order valence-electron chi connectivity index (χ3n) is 11.9. The van der Waals surface area contributed by atoms with Crippen molar-refractivity contribution in [3.8, 4) is 52.8 Å². The number of hydrogen-bond donors (Lipinski definition) is 0. The summed E-state index contributed by atoms with van der Waals surface area (Å²) in [6, 6.07) is 41.0. The van der Waals surface area contributed by atoms with Crippen LogP contribution in [0, 0.1) is 35.5 Å². The van der Waals surface area contributed by atoms with Crippen molar-refractivity contribution in [1.29, 1.82) is 0 Å². The molecule has 0 aromatic heterocycles. The van der Waals surface area contributed by atoms with E-state index in [1.54, 1.807) is 109 Å². The molecule has 0 N–H and O–H groups in total. The molecule has 10 rings (SSSR count). The summed E-state index contributed by atoms with van der Waals surface area (Å²) < 4.78 is 206. The van der Waals surface area contributed by atoms with Gasteiger partial charge >= 0.3 is 46.9 Å². The number of hydrogen-bond acceptors (Lipinski definition) is 9. The van der Waals surface area contributed by atoms with E-state index in [2.05, 4.69) is 48.1 Å². The van der Waals surface area contributed by atoms with Crippen LogP contribution in [0.1, 0.15) is 33.4 Å². The van der Waals surface area contributed by atoms with Crippen LogP contribution in [0.2, 0.25) is 0 Å². The molecule has 21 heteroatoms. The lowest BCUT2D eigenvalue weighted by Crippen LogP contribution is -2.28. The summed E-state index contributed by atoms with van der Waals surface area (Å²) in [4.78, 5) is 0. The second kappa shape index (κ2) is 19.3. The van der Waals surface area contributed by atoms with Gasteiger partial charge in [0.25, 0.3) is 0 Å². The van der Waals surface area contributed by atoms with E-state index in [0.717, 1.165) is 18.2 Å². The fraction of sp³-hybridized carbons (Fsp3) is 0.0526. The molecule has 0 heterocycles. The SMILES string of the molecule is O=S(=O)(Oc1cccc2cc3cccc(C#Cc4cc(C#Cc5cccc6cc7cccc(OS(=O)(=O)C(F)(F)F)c7cc56)cc(C#Cc5cccc6cc7cccc(OS(=O)(=O)C(F)(F)F)c7cc56)c4)c3cc12)C(F)(F)F. The number of alkyl halides is 9. The Bertz CT molecular complexity index is 4260. The molecule has 0 radical (unpaired) electrons. The van der Waals surface area contributed by atoms with Gasteiger partial charge in [-0.25, -0.2) is 0 Å². The molecule has 0 bridgehead atoms. The van der Waals surface area contributed by atoms with Gasteiger partial charge in [0.05, 0.1) is 0 Å². The van der Waals surface area contributed by atoms with E-state index in [9.17, 15) is 64.8 Å². The fourth-order valence-electron chi connectivity index (χ4n) is 8.37. The zero-order valence-corrected chi connectivity index (χ0v) is 41.3. The lowest BCUT2D eigenvalue weighted by molar-refractivity contribution is -0.0504. The average Bonchev–Trinajstić information content (AvgIpc) is 3.41. The highest BCUT2D eigenvalue weighted by molar-refractivity contribution is 7.88. The van der Waals surface area contributed by atoms with Crippen LogP contribution >= 0.6 is 0 Å². The second-order valence-corrected chi connectivity index (χ2v) is 21.7. The largest absolute Gasteiger partial charge is 0.534 e. The van der Waals surface area contributed by atoms with Gasteiger partial charge in [0, 0.05) is 49.5 Å². The number of rotatable bonds is 6. The van der Waals surface area contributed by atoms with Gasteiger partial charge in [0.15, 0.2) is 17.2 Å². The van der Waals surface area contributed by atoms with Crippen molar-refractivity contribution in [2.45, 2.75) is 16.5 Å². The maximum atomic E-state index is 13.4. The molecular formula is C57H27F9O9S3. The molecule has 10 aromatic rings. The monoisotopic (exact) mass is 1120 g/mol. The molecule has 0 spiro atoms. The minimum atomic E-state index is -6.04. The average molecular weight is 1120 g/mol. The first-order valence-electron chi connectivity index (χ1n) is 22.3. The molecule has 0 fully saturated rings. The molecule has 0 saturated heterocycles. The van der Waals surface area contributed by atoms with Crippen molar-refractivity contribution in [3.05, 3.63) is 197 Å². The normalized spacial score (nSPS) is 12.4. The summed E-state index contributed by atoms with van der Waals surface area (Å²) in [5.41, 5.74) is -15.1. The molecule has 0 unspecified atom stereocenters. The van der Waals surface area contributed by atoms with E-state index in [0.29, 0.717) is 81.9 Å². The van der Waals surface area contributed by atoms with Gasteiger partial charge in [0.2, 0.25) is 0 Å². The van der Waals surface area contributed by atoms with E-state index in [1.807, 2.05) is 0 Å². The minimum absolute atomic E-state index is 0.0370. The summed E-state index contributed by atoms with van der Waals surface area (Å²) in [5, 5.41) is 4.20. The lowest BCUT2D eigenvalue weighted by Gasteiger charge is -2.12. The Hall–Kier alpha value is -8.94. The number of benzene rings is 10. The predicted octanol–water partition coefficient (Wildman–Crippen LogP) is 13.5. The van der Waals surface area contributed by atoms with Crippen LogP contribution in [0.3, 0.4) is 0 Å². The van der Waals surface area contributed by atoms with Crippen molar-refractivity contribution >= 4 is 95.0 Å². The van der Waals surface area contributed by atoms with Crippen LogP contribution in [-0.2, 0) is 30.4 Å². The standard InChI is InChI=1S/C57H27F9O9S3/c58-55(59,60)76(67,68)73-52-16-4-13-43-28-40-10-1-7-37(46(40)31-49(43)52)22-19-34-25-35(20-23-38-8-2-11-41-29-44-14-5-17-53(50(44)32-47(38)41)74-77(69,70)56(61,62)63)27-36(26-34)21-24-39-9-3-12-42-30-45-15-6-18-54(51(45)33-48(39)42)75-78(71,72)57(64,65)66/h1-18,25-33H. The number of halogens is 9. The minimum Gasteiger partial charge on any atom is -0.375 e. The summed E-state index contributed by atoms with van der Waals surface area (Å²) in [7, 11) is -18.1. The summed E-state index contributed by atoms with van der Waals surface area (Å²) >= 11 is 0. The van der Waals surface area contributed by atoms with E-state index in [4.69, 9.17) is 0 Å².